The number of esters is 1. The zero-order valence-corrected chi connectivity index (χ0v) is 15.2. The van der Waals surface area contributed by atoms with Gasteiger partial charge in [-0.15, -0.1) is 0 Å². The summed E-state index contributed by atoms with van der Waals surface area (Å²) in [6, 6.07) is 6.36. The molecule has 0 heterocycles. The molecule has 134 valence electrons. The summed E-state index contributed by atoms with van der Waals surface area (Å²) in [5.41, 5.74) is 0. The van der Waals surface area contributed by atoms with E-state index in [1.54, 1.807) is 38.1 Å². The number of rotatable bonds is 9. The molecule has 2 rings (SSSR count). The van der Waals surface area contributed by atoms with Crippen LogP contribution in [0.5, 0.6) is 5.75 Å². The fourth-order valence-electron chi connectivity index (χ4n) is 2.44. The van der Waals surface area contributed by atoms with Crippen LogP contribution in [0.25, 0.3) is 0 Å². The molecule has 1 aromatic rings. The Morgan fingerprint density at radius 3 is 2.33 bits per heavy atom. The number of nitrogens with zero attached hydrogens (tertiary/aromatic N) is 1. The number of hydrogen-bond donors (Lipinski definition) is 0. The van der Waals surface area contributed by atoms with Gasteiger partial charge in [0.2, 0.25) is 10.0 Å². The molecule has 0 amide bonds. The smallest absolute Gasteiger partial charge is 0.309 e. The summed E-state index contributed by atoms with van der Waals surface area (Å²) < 4.78 is 37.6. The Kier molecular flexibility index (Phi) is 6.23. The summed E-state index contributed by atoms with van der Waals surface area (Å²) in [7, 11) is -3.64. The quantitative estimate of drug-likeness (QED) is 0.636. The van der Waals surface area contributed by atoms with Gasteiger partial charge >= 0.3 is 5.97 Å². The van der Waals surface area contributed by atoms with Gasteiger partial charge in [0.05, 0.1) is 24.0 Å². The van der Waals surface area contributed by atoms with Crippen molar-refractivity contribution in [1.82, 2.24) is 4.31 Å². The molecule has 1 aliphatic rings. The monoisotopic (exact) mass is 355 g/mol. The minimum Gasteiger partial charge on any atom is -0.494 e. The van der Waals surface area contributed by atoms with Crippen LogP contribution in [0.1, 0.15) is 33.6 Å². The molecule has 0 N–H and O–H groups in total. The van der Waals surface area contributed by atoms with E-state index in [1.807, 2.05) is 6.92 Å². The molecule has 1 aliphatic carbocycles. The normalized spacial score (nSPS) is 16.0. The van der Waals surface area contributed by atoms with Crippen LogP contribution < -0.4 is 4.74 Å². The Bertz CT molecular complexity index is 652. The Morgan fingerprint density at radius 1 is 1.21 bits per heavy atom. The lowest BCUT2D eigenvalue weighted by atomic mass is 10.2. The van der Waals surface area contributed by atoms with Crippen LogP contribution in [-0.4, -0.2) is 44.5 Å². The third kappa shape index (κ3) is 4.48. The molecule has 0 aliphatic heterocycles. The standard InChI is InChI=1S/C17H25NO5S/c1-4-22-15-8-10-16(11-9-15)24(20,21)18(14-6-7-14)12-13(3)17(19)23-5-2/h8-11,13-14H,4-7,12H2,1-3H3. The highest BCUT2D eigenvalue weighted by atomic mass is 32.2. The van der Waals surface area contributed by atoms with Crippen LogP contribution in [0.4, 0.5) is 0 Å². The van der Waals surface area contributed by atoms with Gasteiger partial charge in [-0.05, 0) is 51.0 Å². The van der Waals surface area contributed by atoms with Crippen molar-refractivity contribution in [1.29, 1.82) is 0 Å². The van der Waals surface area contributed by atoms with Gasteiger partial charge in [-0.25, -0.2) is 8.42 Å². The summed E-state index contributed by atoms with van der Waals surface area (Å²) in [5.74, 6) is -0.234. The summed E-state index contributed by atoms with van der Waals surface area (Å²) in [6.07, 6.45) is 1.65. The van der Waals surface area contributed by atoms with Crippen molar-refractivity contribution < 1.29 is 22.7 Å². The lowest BCUT2D eigenvalue weighted by Gasteiger charge is -2.24. The first-order valence-corrected chi connectivity index (χ1v) is 9.75. The molecular formula is C17H25NO5S. The first-order valence-electron chi connectivity index (χ1n) is 8.31. The van der Waals surface area contributed by atoms with Crippen LogP contribution in [-0.2, 0) is 19.6 Å². The zero-order valence-electron chi connectivity index (χ0n) is 14.4. The fraction of sp³-hybridized carbons (Fsp3) is 0.588. The van der Waals surface area contributed by atoms with Gasteiger partial charge in [0.1, 0.15) is 5.75 Å². The maximum atomic E-state index is 12.9. The molecule has 24 heavy (non-hydrogen) atoms. The second-order valence-electron chi connectivity index (χ2n) is 5.86. The second kappa shape index (κ2) is 7.98. The van der Waals surface area contributed by atoms with E-state index in [0.29, 0.717) is 12.4 Å². The first-order chi connectivity index (χ1) is 11.4. The molecule has 1 fully saturated rings. The first kappa shape index (κ1) is 18.7. The van der Waals surface area contributed by atoms with Crippen molar-refractivity contribution >= 4 is 16.0 Å². The predicted octanol–water partition coefficient (Wildman–Crippen LogP) is 2.44. The molecule has 0 radical (unpaired) electrons. The van der Waals surface area contributed by atoms with E-state index in [4.69, 9.17) is 9.47 Å². The third-order valence-corrected chi connectivity index (χ3v) is 5.77. The van der Waals surface area contributed by atoms with Crippen LogP contribution in [0.2, 0.25) is 0 Å². The largest absolute Gasteiger partial charge is 0.494 e. The van der Waals surface area contributed by atoms with E-state index in [2.05, 4.69) is 0 Å². The zero-order chi connectivity index (χ0) is 17.7. The Balaban J connectivity index is 2.18. The molecule has 7 heteroatoms. The molecule has 1 unspecified atom stereocenters. The highest BCUT2D eigenvalue weighted by Gasteiger charge is 2.39. The van der Waals surface area contributed by atoms with E-state index in [1.165, 1.54) is 4.31 Å². The molecule has 1 atom stereocenters. The lowest BCUT2D eigenvalue weighted by molar-refractivity contribution is -0.147. The molecular weight excluding hydrogens is 330 g/mol. The van der Waals surface area contributed by atoms with Gasteiger partial charge in [-0.1, -0.05) is 6.92 Å². The van der Waals surface area contributed by atoms with Crippen molar-refractivity contribution in [2.45, 2.75) is 44.6 Å². The summed E-state index contributed by atoms with van der Waals surface area (Å²) >= 11 is 0. The molecule has 0 bridgehead atoms. The molecule has 1 aromatic carbocycles. The number of sulfonamides is 1. The molecule has 6 nitrogen and oxygen atoms in total. The maximum absolute atomic E-state index is 12.9. The van der Waals surface area contributed by atoms with Crippen LogP contribution in [0.15, 0.2) is 29.2 Å². The highest BCUT2D eigenvalue weighted by Crippen LogP contribution is 2.33. The van der Waals surface area contributed by atoms with Crippen molar-refractivity contribution in [3.8, 4) is 5.75 Å². The van der Waals surface area contributed by atoms with Gasteiger partial charge in [-0.2, -0.15) is 4.31 Å². The number of ether oxygens (including phenoxy) is 2. The van der Waals surface area contributed by atoms with E-state index in [-0.39, 0.29) is 30.1 Å². The topological polar surface area (TPSA) is 72.9 Å². The van der Waals surface area contributed by atoms with Crippen LogP contribution in [0.3, 0.4) is 0 Å². The Morgan fingerprint density at radius 2 is 1.83 bits per heavy atom. The van der Waals surface area contributed by atoms with Gasteiger partial charge in [0, 0.05) is 12.6 Å². The van der Waals surface area contributed by atoms with Crippen molar-refractivity contribution in [2.24, 2.45) is 5.92 Å². The summed E-state index contributed by atoms with van der Waals surface area (Å²) in [6.45, 7) is 6.26. The number of carbonyl (C=O) groups is 1. The van der Waals surface area contributed by atoms with Gasteiger partial charge in [0.25, 0.3) is 0 Å². The molecule has 0 spiro atoms. The van der Waals surface area contributed by atoms with Gasteiger partial charge in [0.15, 0.2) is 0 Å². The van der Waals surface area contributed by atoms with Gasteiger partial charge in [-0.3, -0.25) is 4.79 Å². The van der Waals surface area contributed by atoms with E-state index in [9.17, 15) is 13.2 Å². The maximum Gasteiger partial charge on any atom is 0.309 e. The minimum absolute atomic E-state index is 0.0292. The number of benzene rings is 1. The Hall–Kier alpha value is -1.60. The molecule has 0 saturated heterocycles. The summed E-state index contributed by atoms with van der Waals surface area (Å²) in [4.78, 5) is 12.1. The second-order valence-corrected chi connectivity index (χ2v) is 7.75. The minimum atomic E-state index is -3.64. The average molecular weight is 355 g/mol. The van der Waals surface area contributed by atoms with E-state index < -0.39 is 15.9 Å². The van der Waals surface area contributed by atoms with Crippen LogP contribution >= 0.6 is 0 Å². The summed E-state index contributed by atoms with van der Waals surface area (Å²) in [5, 5.41) is 0. The predicted molar refractivity (Wildman–Crippen MR) is 90.3 cm³/mol. The molecule has 1 saturated carbocycles. The number of hydrogen-bond acceptors (Lipinski definition) is 5. The van der Waals surface area contributed by atoms with Crippen molar-refractivity contribution in [3.63, 3.8) is 0 Å². The number of carbonyl (C=O) groups excluding carboxylic acids is 1. The highest BCUT2D eigenvalue weighted by molar-refractivity contribution is 7.89. The lowest BCUT2D eigenvalue weighted by Crippen LogP contribution is -2.39. The average Bonchev–Trinajstić information content (AvgIpc) is 3.38. The SMILES string of the molecule is CCOC(=O)C(C)CN(C1CC1)S(=O)(=O)c1ccc(OCC)cc1. The third-order valence-electron chi connectivity index (χ3n) is 3.84. The van der Waals surface area contributed by atoms with E-state index >= 15 is 0 Å². The Labute approximate surface area is 143 Å². The van der Waals surface area contributed by atoms with Crippen LogP contribution in [0, 0.1) is 5.92 Å². The fourth-order valence-corrected chi connectivity index (χ4v) is 4.22. The molecule has 0 aromatic heterocycles. The van der Waals surface area contributed by atoms with Gasteiger partial charge < -0.3 is 9.47 Å². The van der Waals surface area contributed by atoms with Crippen molar-refractivity contribution in [2.75, 3.05) is 19.8 Å². The van der Waals surface area contributed by atoms with Crippen molar-refractivity contribution in [3.05, 3.63) is 24.3 Å². The van der Waals surface area contributed by atoms with E-state index in [0.717, 1.165) is 12.8 Å².